The monoisotopic (exact) mass is 434 g/mol. The molecule has 1 aromatic carbocycles. The molecule has 2 aliphatic carbocycles. The lowest BCUT2D eigenvalue weighted by molar-refractivity contribution is 0.436. The van der Waals surface area contributed by atoms with E-state index in [0.29, 0.717) is 30.0 Å². The van der Waals surface area contributed by atoms with E-state index in [2.05, 4.69) is 30.5 Å². The van der Waals surface area contributed by atoms with Crippen molar-refractivity contribution >= 4 is 17.5 Å². The maximum atomic E-state index is 14.4. The van der Waals surface area contributed by atoms with Crippen LogP contribution >= 0.6 is 0 Å². The van der Waals surface area contributed by atoms with E-state index in [0.717, 1.165) is 47.0 Å². The zero-order chi connectivity index (χ0) is 22.0. The van der Waals surface area contributed by atoms with Crippen LogP contribution in [0.4, 0.5) is 21.8 Å². The SMILES string of the molecule is CNc1ncc(Oc2nc3c(c(N4CC5C(N)C5C4)n2)-c2cc(F)cc(NC)c2C3)cn1. The molecule has 2 aromatic heterocycles. The molecule has 2 fully saturated rings. The number of hydrogen-bond donors (Lipinski definition) is 3. The first-order valence-electron chi connectivity index (χ1n) is 10.7. The summed E-state index contributed by atoms with van der Waals surface area (Å²) in [4.78, 5) is 20.0. The molecule has 1 saturated carbocycles. The average Bonchev–Trinajstić information content (AvgIpc) is 3.13. The molecule has 4 N–H and O–H groups in total. The first-order valence-corrected chi connectivity index (χ1v) is 10.7. The molecule has 0 spiro atoms. The predicted octanol–water partition coefficient (Wildman–Crippen LogP) is 2.25. The maximum absolute atomic E-state index is 14.4. The Kier molecular flexibility index (Phi) is 4.19. The summed E-state index contributed by atoms with van der Waals surface area (Å²) in [5.74, 6) is 2.38. The van der Waals surface area contributed by atoms with Gasteiger partial charge in [-0.05, 0) is 35.1 Å². The minimum atomic E-state index is -0.291. The number of aromatic nitrogens is 4. The van der Waals surface area contributed by atoms with E-state index in [-0.39, 0.29) is 17.9 Å². The zero-order valence-corrected chi connectivity index (χ0v) is 17.8. The fourth-order valence-corrected chi connectivity index (χ4v) is 4.94. The normalized spacial score (nSPS) is 22.2. The lowest BCUT2D eigenvalue weighted by Crippen LogP contribution is -2.29. The van der Waals surface area contributed by atoms with Gasteiger partial charge >= 0.3 is 6.01 Å². The van der Waals surface area contributed by atoms with Gasteiger partial charge in [0.25, 0.3) is 0 Å². The number of nitrogens with zero attached hydrogens (tertiary/aromatic N) is 5. The van der Waals surface area contributed by atoms with E-state index in [1.54, 1.807) is 32.6 Å². The van der Waals surface area contributed by atoms with Gasteiger partial charge in [-0.2, -0.15) is 9.97 Å². The van der Waals surface area contributed by atoms with Gasteiger partial charge in [-0.15, -0.1) is 0 Å². The van der Waals surface area contributed by atoms with Gasteiger partial charge in [0, 0.05) is 50.9 Å². The molecule has 10 heteroatoms. The maximum Gasteiger partial charge on any atom is 0.324 e. The summed E-state index contributed by atoms with van der Waals surface area (Å²) >= 11 is 0. The van der Waals surface area contributed by atoms with Crippen LogP contribution in [0.2, 0.25) is 0 Å². The van der Waals surface area contributed by atoms with Crippen molar-refractivity contribution in [2.45, 2.75) is 12.5 Å². The van der Waals surface area contributed by atoms with Crippen LogP contribution in [-0.2, 0) is 6.42 Å². The molecule has 2 unspecified atom stereocenters. The minimum absolute atomic E-state index is 0.226. The van der Waals surface area contributed by atoms with Crippen LogP contribution in [0.5, 0.6) is 11.8 Å². The third-order valence-electron chi connectivity index (χ3n) is 6.66. The van der Waals surface area contributed by atoms with Crippen LogP contribution in [0, 0.1) is 17.7 Å². The fourth-order valence-electron chi connectivity index (χ4n) is 4.94. The average molecular weight is 434 g/mol. The summed E-state index contributed by atoms with van der Waals surface area (Å²) in [7, 11) is 3.54. The zero-order valence-electron chi connectivity index (χ0n) is 17.8. The fraction of sp³-hybridized carbons (Fsp3) is 0.364. The number of halogens is 1. The van der Waals surface area contributed by atoms with Gasteiger partial charge in [0.2, 0.25) is 5.95 Å². The Morgan fingerprint density at radius 3 is 2.53 bits per heavy atom. The van der Waals surface area contributed by atoms with Crippen molar-refractivity contribution < 1.29 is 9.13 Å². The van der Waals surface area contributed by atoms with Crippen molar-refractivity contribution in [1.82, 2.24) is 19.9 Å². The number of nitrogens with two attached hydrogens (primary N) is 1. The van der Waals surface area contributed by atoms with Gasteiger partial charge in [-0.25, -0.2) is 14.4 Å². The molecule has 3 heterocycles. The molecule has 1 aliphatic heterocycles. The molecule has 0 bridgehead atoms. The van der Waals surface area contributed by atoms with E-state index in [9.17, 15) is 4.39 Å². The standard InChI is InChI=1S/C22H23FN8O/c1-25-16-4-10(23)3-13-12(16)5-17-18(13)20(31-8-14-15(9-31)19(14)24)30-22(29-17)32-11-6-27-21(26-2)28-7-11/h3-4,6-7,14-15,19,25H,5,8-9,24H2,1-2H3,(H,26,27,28). The van der Waals surface area contributed by atoms with Crippen molar-refractivity contribution in [3.63, 3.8) is 0 Å². The predicted molar refractivity (Wildman–Crippen MR) is 119 cm³/mol. The summed E-state index contributed by atoms with van der Waals surface area (Å²) in [6.45, 7) is 1.66. The second-order valence-corrected chi connectivity index (χ2v) is 8.46. The Balaban J connectivity index is 1.43. The summed E-state index contributed by atoms with van der Waals surface area (Å²) in [6, 6.07) is 3.58. The van der Waals surface area contributed by atoms with Crippen molar-refractivity contribution in [3.8, 4) is 22.9 Å². The second-order valence-electron chi connectivity index (χ2n) is 8.46. The highest BCUT2D eigenvalue weighted by Gasteiger charge is 2.54. The van der Waals surface area contributed by atoms with Crippen LogP contribution in [0.1, 0.15) is 11.3 Å². The second kappa shape index (κ2) is 6.99. The molecular weight excluding hydrogens is 411 g/mol. The molecular formula is C22H23FN8O. The number of ether oxygens (including phenoxy) is 1. The van der Waals surface area contributed by atoms with Gasteiger partial charge in [-0.3, -0.25) is 0 Å². The van der Waals surface area contributed by atoms with E-state index >= 15 is 0 Å². The van der Waals surface area contributed by atoms with Crippen LogP contribution in [0.3, 0.4) is 0 Å². The first kappa shape index (κ1) is 19.2. The van der Waals surface area contributed by atoms with Gasteiger partial charge in [0.1, 0.15) is 11.6 Å². The number of nitrogens with one attached hydrogen (secondary N) is 2. The quantitative estimate of drug-likeness (QED) is 0.435. The van der Waals surface area contributed by atoms with Crippen molar-refractivity contribution in [3.05, 3.63) is 41.6 Å². The van der Waals surface area contributed by atoms with E-state index in [1.807, 2.05) is 0 Å². The largest absolute Gasteiger partial charge is 0.421 e. The van der Waals surface area contributed by atoms with Crippen molar-refractivity contribution in [2.75, 3.05) is 42.7 Å². The smallest absolute Gasteiger partial charge is 0.324 e. The van der Waals surface area contributed by atoms with E-state index in [1.165, 1.54) is 6.07 Å². The summed E-state index contributed by atoms with van der Waals surface area (Å²) < 4.78 is 20.3. The van der Waals surface area contributed by atoms with Gasteiger partial charge in [0.05, 0.1) is 18.1 Å². The topological polar surface area (TPSA) is 114 Å². The Bertz CT molecular complexity index is 1210. The van der Waals surface area contributed by atoms with Gasteiger partial charge in [-0.1, -0.05) is 0 Å². The third kappa shape index (κ3) is 2.94. The molecule has 1 saturated heterocycles. The number of benzene rings is 1. The summed E-state index contributed by atoms with van der Waals surface area (Å²) in [5.41, 5.74) is 10.5. The van der Waals surface area contributed by atoms with Gasteiger partial charge < -0.3 is 26.0 Å². The minimum Gasteiger partial charge on any atom is -0.421 e. The number of anilines is 3. The number of rotatable bonds is 5. The van der Waals surface area contributed by atoms with Crippen LogP contribution in [0.15, 0.2) is 24.5 Å². The molecule has 3 aromatic rings. The summed E-state index contributed by atoms with van der Waals surface area (Å²) in [6.07, 6.45) is 3.72. The molecule has 164 valence electrons. The molecule has 3 aliphatic rings. The number of hydrogen-bond acceptors (Lipinski definition) is 9. The highest BCUT2D eigenvalue weighted by molar-refractivity contribution is 5.88. The van der Waals surface area contributed by atoms with Crippen molar-refractivity contribution in [2.24, 2.45) is 17.6 Å². The molecule has 0 amide bonds. The van der Waals surface area contributed by atoms with Crippen LogP contribution in [0.25, 0.3) is 11.1 Å². The molecule has 32 heavy (non-hydrogen) atoms. The number of piperidine rings is 1. The molecule has 6 rings (SSSR count). The van der Waals surface area contributed by atoms with Crippen LogP contribution < -0.4 is 26.0 Å². The Hall–Kier alpha value is -3.53. The summed E-state index contributed by atoms with van der Waals surface area (Å²) in [5, 5.41) is 5.98. The van der Waals surface area contributed by atoms with Crippen LogP contribution in [-0.4, -0.2) is 53.2 Å². The highest BCUT2D eigenvalue weighted by atomic mass is 19.1. The first-order chi connectivity index (χ1) is 15.6. The lowest BCUT2D eigenvalue weighted by atomic mass is 10.0. The number of fused-ring (bicyclic) bond motifs is 4. The Morgan fingerprint density at radius 2 is 1.84 bits per heavy atom. The highest BCUT2D eigenvalue weighted by Crippen LogP contribution is 2.50. The lowest BCUT2D eigenvalue weighted by Gasteiger charge is -2.23. The Labute approximate surface area is 184 Å². The molecule has 2 atom stereocenters. The van der Waals surface area contributed by atoms with Crippen molar-refractivity contribution in [1.29, 1.82) is 0 Å². The molecule has 9 nitrogen and oxygen atoms in total. The van der Waals surface area contributed by atoms with E-state index < -0.39 is 0 Å². The van der Waals surface area contributed by atoms with Gasteiger partial charge in [0.15, 0.2) is 5.75 Å². The molecule has 0 radical (unpaired) electrons. The van der Waals surface area contributed by atoms with E-state index in [4.69, 9.17) is 15.5 Å². The Morgan fingerprint density at radius 1 is 1.09 bits per heavy atom. The third-order valence-corrected chi connectivity index (χ3v) is 6.66.